The van der Waals surface area contributed by atoms with Crippen LogP contribution in [0.25, 0.3) is 0 Å². The molecule has 1 saturated carbocycles. The molecule has 1 fully saturated rings. The Morgan fingerprint density at radius 2 is 1.95 bits per heavy atom. The summed E-state index contributed by atoms with van der Waals surface area (Å²) >= 11 is 0. The highest BCUT2D eigenvalue weighted by molar-refractivity contribution is 5.47. The predicted molar refractivity (Wildman–Crippen MR) is 76.4 cm³/mol. The van der Waals surface area contributed by atoms with E-state index in [-0.39, 0.29) is 16.9 Å². The molecule has 0 amide bonds. The minimum atomic E-state index is -0.356. The first-order chi connectivity index (χ1) is 8.90. The van der Waals surface area contributed by atoms with E-state index >= 15 is 0 Å². The summed E-state index contributed by atoms with van der Waals surface area (Å²) in [5.41, 5.74) is 2.72. The minimum absolute atomic E-state index is 0.114. The molecule has 0 heterocycles. The van der Waals surface area contributed by atoms with Crippen molar-refractivity contribution < 1.29 is 9.84 Å². The number of hydrogen-bond acceptors (Lipinski definition) is 2. The molecule has 0 spiro atoms. The normalized spacial score (nSPS) is 35.6. The van der Waals surface area contributed by atoms with Crippen LogP contribution in [0.3, 0.4) is 0 Å². The first-order valence-corrected chi connectivity index (χ1v) is 7.27. The van der Waals surface area contributed by atoms with Gasteiger partial charge in [0.25, 0.3) is 0 Å². The standard InChI is InChI=1S/C17H24O2/c1-16(2)8-5-9-17(3)13-7-6-11(19-4)10-12(13)14(18)15(16)17/h6-7,10,14-15,18H,5,8-9H2,1-4H3/t14-,15-,17-/m0/s1. The van der Waals surface area contributed by atoms with E-state index in [1.165, 1.54) is 24.8 Å². The predicted octanol–water partition coefficient (Wildman–Crippen LogP) is 3.83. The lowest BCUT2D eigenvalue weighted by Crippen LogP contribution is -2.43. The molecule has 0 radical (unpaired) electrons. The Hall–Kier alpha value is -1.02. The summed E-state index contributed by atoms with van der Waals surface area (Å²) in [6, 6.07) is 6.22. The van der Waals surface area contributed by atoms with Crippen LogP contribution in [0.5, 0.6) is 5.75 Å². The molecule has 0 aliphatic heterocycles. The highest BCUT2D eigenvalue weighted by Crippen LogP contribution is 2.62. The van der Waals surface area contributed by atoms with Crippen molar-refractivity contribution in [2.24, 2.45) is 11.3 Å². The van der Waals surface area contributed by atoms with E-state index in [2.05, 4.69) is 26.8 Å². The van der Waals surface area contributed by atoms with Gasteiger partial charge in [0.15, 0.2) is 0 Å². The van der Waals surface area contributed by atoms with Crippen molar-refractivity contribution in [3.8, 4) is 5.75 Å². The van der Waals surface area contributed by atoms with Gasteiger partial charge in [-0.25, -0.2) is 0 Å². The molecule has 19 heavy (non-hydrogen) atoms. The number of aliphatic hydroxyl groups is 1. The van der Waals surface area contributed by atoms with Crippen molar-refractivity contribution in [2.45, 2.75) is 51.6 Å². The summed E-state index contributed by atoms with van der Waals surface area (Å²) in [6.45, 7) is 6.95. The van der Waals surface area contributed by atoms with Crippen LogP contribution in [-0.4, -0.2) is 12.2 Å². The lowest BCUT2D eigenvalue weighted by Gasteiger charge is -2.48. The number of rotatable bonds is 1. The van der Waals surface area contributed by atoms with Crippen LogP contribution in [0.1, 0.15) is 57.3 Å². The van der Waals surface area contributed by atoms with Crippen molar-refractivity contribution in [1.29, 1.82) is 0 Å². The second-order valence-electron chi connectivity index (χ2n) is 7.14. The molecule has 2 nitrogen and oxygen atoms in total. The largest absolute Gasteiger partial charge is 0.497 e. The average Bonchev–Trinajstić information content (AvgIpc) is 2.58. The van der Waals surface area contributed by atoms with Crippen molar-refractivity contribution in [3.63, 3.8) is 0 Å². The van der Waals surface area contributed by atoms with Gasteiger partial charge >= 0.3 is 0 Å². The van der Waals surface area contributed by atoms with Gasteiger partial charge in [-0.15, -0.1) is 0 Å². The van der Waals surface area contributed by atoms with Crippen LogP contribution in [0.4, 0.5) is 0 Å². The van der Waals surface area contributed by atoms with Crippen LogP contribution in [-0.2, 0) is 5.41 Å². The molecule has 0 saturated heterocycles. The molecular formula is C17H24O2. The topological polar surface area (TPSA) is 29.5 Å². The Morgan fingerprint density at radius 3 is 2.63 bits per heavy atom. The third kappa shape index (κ3) is 1.66. The molecular weight excluding hydrogens is 236 g/mol. The van der Waals surface area contributed by atoms with Crippen LogP contribution < -0.4 is 4.74 Å². The van der Waals surface area contributed by atoms with Gasteiger partial charge in [-0.05, 0) is 46.9 Å². The van der Waals surface area contributed by atoms with Crippen LogP contribution in [0, 0.1) is 11.3 Å². The van der Waals surface area contributed by atoms with Crippen LogP contribution in [0.2, 0.25) is 0 Å². The highest BCUT2D eigenvalue weighted by atomic mass is 16.5. The molecule has 0 aromatic heterocycles. The first-order valence-electron chi connectivity index (χ1n) is 7.27. The molecule has 3 rings (SSSR count). The number of fused-ring (bicyclic) bond motifs is 3. The first kappa shape index (κ1) is 13.0. The number of aliphatic hydroxyl groups excluding tert-OH is 1. The van der Waals surface area contributed by atoms with Gasteiger partial charge in [0, 0.05) is 5.92 Å². The van der Waals surface area contributed by atoms with E-state index in [0.29, 0.717) is 5.92 Å². The Labute approximate surface area is 115 Å². The second kappa shape index (κ2) is 3.99. The van der Waals surface area contributed by atoms with Gasteiger partial charge in [0.1, 0.15) is 5.75 Å². The van der Waals surface area contributed by atoms with Gasteiger partial charge < -0.3 is 9.84 Å². The average molecular weight is 260 g/mol. The molecule has 2 heteroatoms. The zero-order valence-corrected chi connectivity index (χ0v) is 12.4. The Balaban J connectivity index is 2.15. The van der Waals surface area contributed by atoms with Gasteiger partial charge in [0.2, 0.25) is 0 Å². The molecule has 104 valence electrons. The molecule has 2 aliphatic carbocycles. The zero-order valence-electron chi connectivity index (χ0n) is 12.4. The Kier molecular flexibility index (Phi) is 2.72. The summed E-state index contributed by atoms with van der Waals surface area (Å²) in [7, 11) is 1.68. The molecule has 1 N–H and O–H groups in total. The molecule has 1 aromatic rings. The zero-order chi connectivity index (χ0) is 13.8. The molecule has 2 aliphatic rings. The van der Waals surface area contributed by atoms with Crippen molar-refractivity contribution in [2.75, 3.05) is 7.11 Å². The van der Waals surface area contributed by atoms with E-state index < -0.39 is 0 Å². The van der Waals surface area contributed by atoms with Gasteiger partial charge in [0.05, 0.1) is 13.2 Å². The maximum absolute atomic E-state index is 10.8. The second-order valence-corrected chi connectivity index (χ2v) is 7.14. The number of benzene rings is 1. The fraction of sp³-hybridized carbons (Fsp3) is 0.647. The lowest BCUT2D eigenvalue weighted by molar-refractivity contribution is -0.0272. The minimum Gasteiger partial charge on any atom is -0.497 e. The fourth-order valence-electron chi connectivity index (χ4n) is 4.77. The monoisotopic (exact) mass is 260 g/mol. The number of ether oxygens (including phenoxy) is 1. The molecule has 1 aromatic carbocycles. The number of hydrogen-bond donors (Lipinski definition) is 1. The van der Waals surface area contributed by atoms with E-state index in [4.69, 9.17) is 4.74 Å². The van der Waals surface area contributed by atoms with Gasteiger partial charge in [-0.1, -0.05) is 33.3 Å². The van der Waals surface area contributed by atoms with E-state index in [1.807, 2.05) is 12.1 Å². The number of methoxy groups -OCH3 is 1. The van der Waals surface area contributed by atoms with Crippen molar-refractivity contribution in [3.05, 3.63) is 29.3 Å². The maximum Gasteiger partial charge on any atom is 0.119 e. The van der Waals surface area contributed by atoms with Crippen LogP contribution in [0.15, 0.2) is 18.2 Å². The summed E-state index contributed by atoms with van der Waals surface area (Å²) in [5.74, 6) is 1.16. The maximum atomic E-state index is 10.8. The third-order valence-electron chi connectivity index (χ3n) is 5.55. The summed E-state index contributed by atoms with van der Waals surface area (Å²) < 4.78 is 5.31. The summed E-state index contributed by atoms with van der Waals surface area (Å²) in [4.78, 5) is 0. The van der Waals surface area contributed by atoms with Crippen LogP contribution >= 0.6 is 0 Å². The Morgan fingerprint density at radius 1 is 1.21 bits per heavy atom. The fourth-order valence-corrected chi connectivity index (χ4v) is 4.77. The molecule has 0 unspecified atom stereocenters. The van der Waals surface area contributed by atoms with E-state index in [9.17, 15) is 5.11 Å². The van der Waals surface area contributed by atoms with E-state index in [1.54, 1.807) is 7.11 Å². The smallest absolute Gasteiger partial charge is 0.119 e. The SMILES string of the molecule is COc1ccc2c(c1)[C@H](O)[C@H]1C(C)(C)CCC[C@@]21C. The summed E-state index contributed by atoms with van der Waals surface area (Å²) in [6.07, 6.45) is 3.27. The lowest BCUT2D eigenvalue weighted by atomic mass is 9.56. The van der Waals surface area contributed by atoms with Crippen molar-refractivity contribution in [1.82, 2.24) is 0 Å². The summed E-state index contributed by atoms with van der Waals surface area (Å²) in [5, 5.41) is 10.8. The molecule has 3 atom stereocenters. The molecule has 0 bridgehead atoms. The van der Waals surface area contributed by atoms with Gasteiger partial charge in [-0.3, -0.25) is 0 Å². The quantitative estimate of drug-likeness (QED) is 0.831. The van der Waals surface area contributed by atoms with Gasteiger partial charge in [-0.2, -0.15) is 0 Å². The Bertz CT molecular complexity index is 506. The van der Waals surface area contributed by atoms with Crippen molar-refractivity contribution >= 4 is 0 Å². The highest BCUT2D eigenvalue weighted by Gasteiger charge is 2.56. The van der Waals surface area contributed by atoms with E-state index in [0.717, 1.165) is 11.3 Å². The third-order valence-corrected chi connectivity index (χ3v) is 5.55.